The van der Waals surface area contributed by atoms with E-state index >= 15 is 0 Å². The van der Waals surface area contributed by atoms with E-state index in [0.717, 1.165) is 32.1 Å². The number of halogens is 2. The minimum absolute atomic E-state index is 0.149. The van der Waals surface area contributed by atoms with Crippen molar-refractivity contribution in [2.24, 2.45) is 5.92 Å². The van der Waals surface area contributed by atoms with Crippen LogP contribution in [0.2, 0.25) is 0 Å². The smallest absolute Gasteiger partial charge is 0.163 e. The zero-order chi connectivity index (χ0) is 15.2. The Morgan fingerprint density at radius 1 is 1.24 bits per heavy atom. The molecular formula is C17H26F2N2. The quantitative estimate of drug-likeness (QED) is 0.860. The van der Waals surface area contributed by atoms with E-state index in [0.29, 0.717) is 5.56 Å². The van der Waals surface area contributed by atoms with Crippen molar-refractivity contribution in [1.29, 1.82) is 0 Å². The molecule has 1 N–H and O–H groups in total. The van der Waals surface area contributed by atoms with Gasteiger partial charge in [0.05, 0.1) is 0 Å². The van der Waals surface area contributed by atoms with Crippen LogP contribution in [-0.2, 0) is 0 Å². The zero-order valence-corrected chi connectivity index (χ0v) is 13.0. The SMILES string of the molecule is CCNC(CN1CCC(CC)CC1)c1cccc(F)c1F. The summed E-state index contributed by atoms with van der Waals surface area (Å²) in [6, 6.07) is 4.30. The average Bonchev–Trinajstić information content (AvgIpc) is 2.50. The van der Waals surface area contributed by atoms with Gasteiger partial charge in [0.15, 0.2) is 11.6 Å². The lowest BCUT2D eigenvalue weighted by molar-refractivity contribution is 0.165. The summed E-state index contributed by atoms with van der Waals surface area (Å²) in [5.74, 6) is -0.656. The molecule has 0 radical (unpaired) electrons. The Bertz CT molecular complexity index is 442. The maximum atomic E-state index is 14.0. The third kappa shape index (κ3) is 4.24. The second-order valence-electron chi connectivity index (χ2n) is 5.91. The number of nitrogens with one attached hydrogen (secondary N) is 1. The summed E-state index contributed by atoms with van der Waals surface area (Å²) in [4.78, 5) is 2.36. The van der Waals surface area contributed by atoms with Gasteiger partial charge in [-0.05, 0) is 44.5 Å². The molecule has 1 heterocycles. The molecule has 0 aromatic heterocycles. The van der Waals surface area contributed by atoms with Gasteiger partial charge < -0.3 is 10.2 Å². The largest absolute Gasteiger partial charge is 0.309 e. The lowest BCUT2D eigenvalue weighted by Crippen LogP contribution is -2.40. The summed E-state index contributed by atoms with van der Waals surface area (Å²) < 4.78 is 27.5. The molecule has 4 heteroatoms. The highest BCUT2D eigenvalue weighted by Gasteiger charge is 2.23. The summed E-state index contributed by atoms with van der Waals surface area (Å²) in [5, 5.41) is 3.29. The van der Waals surface area contributed by atoms with Gasteiger partial charge in [0.25, 0.3) is 0 Å². The van der Waals surface area contributed by atoms with E-state index in [1.165, 1.54) is 25.3 Å². The lowest BCUT2D eigenvalue weighted by Gasteiger charge is -2.34. The van der Waals surface area contributed by atoms with E-state index in [1.807, 2.05) is 6.92 Å². The van der Waals surface area contributed by atoms with Crippen LogP contribution in [0.15, 0.2) is 18.2 Å². The first kappa shape index (κ1) is 16.4. The molecule has 21 heavy (non-hydrogen) atoms. The van der Waals surface area contributed by atoms with Gasteiger partial charge in [-0.25, -0.2) is 8.78 Å². The Hall–Kier alpha value is -1.00. The second-order valence-corrected chi connectivity index (χ2v) is 5.91. The number of nitrogens with zero attached hydrogens (tertiary/aromatic N) is 1. The number of piperidine rings is 1. The van der Waals surface area contributed by atoms with E-state index in [2.05, 4.69) is 17.1 Å². The molecule has 1 atom stereocenters. The van der Waals surface area contributed by atoms with Crippen molar-refractivity contribution in [2.45, 2.75) is 39.2 Å². The van der Waals surface area contributed by atoms with Gasteiger partial charge in [-0.1, -0.05) is 32.4 Å². The van der Waals surface area contributed by atoms with Crippen molar-refractivity contribution >= 4 is 0 Å². The van der Waals surface area contributed by atoms with Gasteiger partial charge in [0, 0.05) is 18.2 Å². The highest BCUT2D eigenvalue weighted by Crippen LogP contribution is 2.24. The predicted molar refractivity (Wildman–Crippen MR) is 82.2 cm³/mol. The molecule has 1 unspecified atom stereocenters. The summed E-state index contributed by atoms with van der Waals surface area (Å²) in [6.07, 6.45) is 3.66. The maximum Gasteiger partial charge on any atom is 0.163 e. The van der Waals surface area contributed by atoms with Crippen molar-refractivity contribution in [2.75, 3.05) is 26.2 Å². The van der Waals surface area contributed by atoms with Crippen molar-refractivity contribution in [1.82, 2.24) is 10.2 Å². The Balaban J connectivity index is 2.04. The molecule has 0 spiro atoms. The lowest BCUT2D eigenvalue weighted by atomic mass is 9.94. The van der Waals surface area contributed by atoms with E-state index in [-0.39, 0.29) is 6.04 Å². The van der Waals surface area contributed by atoms with Crippen molar-refractivity contribution < 1.29 is 8.78 Å². The van der Waals surface area contributed by atoms with E-state index in [9.17, 15) is 8.78 Å². The van der Waals surface area contributed by atoms with E-state index in [4.69, 9.17) is 0 Å². The van der Waals surface area contributed by atoms with E-state index < -0.39 is 11.6 Å². The fraction of sp³-hybridized carbons (Fsp3) is 0.647. The minimum Gasteiger partial charge on any atom is -0.309 e. The summed E-state index contributed by atoms with van der Waals surface area (Å²) in [5.41, 5.74) is 0.439. The number of rotatable bonds is 6. The van der Waals surface area contributed by atoms with Gasteiger partial charge >= 0.3 is 0 Å². The number of likely N-dealkylation sites (N-methyl/N-ethyl adjacent to an activating group) is 1. The molecule has 118 valence electrons. The fourth-order valence-electron chi connectivity index (χ4n) is 3.14. The van der Waals surface area contributed by atoms with Crippen LogP contribution in [0, 0.1) is 17.6 Å². The standard InChI is InChI=1S/C17H26F2N2/c1-3-13-8-10-21(11-9-13)12-16(20-4-2)14-6-5-7-15(18)17(14)19/h5-7,13,16,20H,3-4,8-12H2,1-2H3. The Morgan fingerprint density at radius 3 is 2.57 bits per heavy atom. The molecule has 0 bridgehead atoms. The van der Waals surface area contributed by atoms with Crippen molar-refractivity contribution in [3.63, 3.8) is 0 Å². The molecule has 1 fully saturated rings. The highest BCUT2D eigenvalue weighted by atomic mass is 19.2. The van der Waals surface area contributed by atoms with Crippen LogP contribution in [0.1, 0.15) is 44.7 Å². The molecule has 1 aliphatic rings. The van der Waals surface area contributed by atoms with Gasteiger partial charge in [-0.15, -0.1) is 0 Å². The van der Waals surface area contributed by atoms with Gasteiger partial charge in [0.2, 0.25) is 0 Å². The minimum atomic E-state index is -0.764. The average molecular weight is 296 g/mol. The third-order valence-electron chi connectivity index (χ3n) is 4.53. The highest BCUT2D eigenvalue weighted by molar-refractivity contribution is 5.23. The number of benzene rings is 1. The van der Waals surface area contributed by atoms with Crippen LogP contribution in [0.5, 0.6) is 0 Å². The number of hydrogen-bond acceptors (Lipinski definition) is 2. The Morgan fingerprint density at radius 2 is 1.95 bits per heavy atom. The molecule has 2 nitrogen and oxygen atoms in total. The first-order valence-corrected chi connectivity index (χ1v) is 8.05. The van der Waals surface area contributed by atoms with Crippen LogP contribution in [0.3, 0.4) is 0 Å². The molecular weight excluding hydrogens is 270 g/mol. The first-order valence-electron chi connectivity index (χ1n) is 8.05. The number of hydrogen-bond donors (Lipinski definition) is 1. The van der Waals surface area contributed by atoms with Crippen molar-refractivity contribution in [3.8, 4) is 0 Å². The van der Waals surface area contributed by atoms with Gasteiger partial charge in [-0.2, -0.15) is 0 Å². The summed E-state index contributed by atoms with van der Waals surface area (Å²) in [7, 11) is 0. The normalized spacial score (nSPS) is 18.9. The third-order valence-corrected chi connectivity index (χ3v) is 4.53. The first-order chi connectivity index (χ1) is 10.2. The van der Waals surface area contributed by atoms with Gasteiger partial charge in [0.1, 0.15) is 0 Å². The van der Waals surface area contributed by atoms with Crippen LogP contribution in [0.25, 0.3) is 0 Å². The molecule has 1 aliphatic heterocycles. The van der Waals surface area contributed by atoms with E-state index in [1.54, 1.807) is 12.1 Å². The zero-order valence-electron chi connectivity index (χ0n) is 13.0. The van der Waals surface area contributed by atoms with Crippen LogP contribution < -0.4 is 5.32 Å². The monoisotopic (exact) mass is 296 g/mol. The van der Waals surface area contributed by atoms with Gasteiger partial charge in [-0.3, -0.25) is 0 Å². The van der Waals surface area contributed by atoms with Crippen LogP contribution in [-0.4, -0.2) is 31.1 Å². The summed E-state index contributed by atoms with van der Waals surface area (Å²) in [6.45, 7) is 7.82. The van der Waals surface area contributed by atoms with Crippen LogP contribution in [0.4, 0.5) is 8.78 Å². The summed E-state index contributed by atoms with van der Waals surface area (Å²) >= 11 is 0. The molecule has 1 aromatic rings. The molecule has 0 saturated carbocycles. The fourth-order valence-corrected chi connectivity index (χ4v) is 3.14. The topological polar surface area (TPSA) is 15.3 Å². The molecule has 0 amide bonds. The number of likely N-dealkylation sites (tertiary alicyclic amines) is 1. The predicted octanol–water partition coefficient (Wildman–Crippen LogP) is 3.74. The van der Waals surface area contributed by atoms with Crippen LogP contribution >= 0.6 is 0 Å². The molecule has 0 aliphatic carbocycles. The molecule has 2 rings (SSSR count). The second kappa shape index (κ2) is 7.85. The molecule has 1 aromatic carbocycles. The molecule has 1 saturated heterocycles. The Labute approximate surface area is 126 Å². The maximum absolute atomic E-state index is 14.0. The van der Waals surface area contributed by atoms with Crippen molar-refractivity contribution in [3.05, 3.63) is 35.4 Å². The Kier molecular flexibility index (Phi) is 6.12.